The minimum absolute atomic E-state index is 0.0279. The van der Waals surface area contributed by atoms with E-state index in [1.165, 1.54) is 0 Å². The molecule has 0 spiro atoms. The summed E-state index contributed by atoms with van der Waals surface area (Å²) in [6.07, 6.45) is 0.992. The van der Waals surface area contributed by atoms with Crippen molar-refractivity contribution in [3.05, 3.63) is 28.7 Å². The van der Waals surface area contributed by atoms with Gasteiger partial charge in [0, 0.05) is 19.1 Å². The van der Waals surface area contributed by atoms with Gasteiger partial charge in [0.1, 0.15) is 5.75 Å². The second-order valence-corrected chi connectivity index (χ2v) is 6.91. The van der Waals surface area contributed by atoms with Gasteiger partial charge in [-0.2, -0.15) is 0 Å². The molecule has 1 atom stereocenters. The maximum atomic E-state index is 12.5. The number of hydrogen-bond acceptors (Lipinski definition) is 4. The average molecular weight is 399 g/mol. The number of hydrogen-bond donors (Lipinski definition) is 1. The van der Waals surface area contributed by atoms with E-state index in [-0.39, 0.29) is 18.5 Å². The molecule has 1 amide bonds. The van der Waals surface area contributed by atoms with Crippen LogP contribution in [0.15, 0.2) is 28.7 Å². The van der Waals surface area contributed by atoms with Crippen molar-refractivity contribution in [1.82, 2.24) is 9.80 Å². The first-order chi connectivity index (χ1) is 11.4. The molecule has 6 nitrogen and oxygen atoms in total. The average Bonchev–Trinajstić information content (AvgIpc) is 2.55. The zero-order chi connectivity index (χ0) is 17.7. The fourth-order valence-electron chi connectivity index (χ4n) is 2.91. The highest BCUT2D eigenvalue weighted by molar-refractivity contribution is 9.10. The van der Waals surface area contributed by atoms with Gasteiger partial charge in [-0.25, -0.2) is 0 Å². The van der Waals surface area contributed by atoms with Crippen LogP contribution < -0.4 is 4.74 Å². The molecule has 24 heavy (non-hydrogen) atoms. The summed E-state index contributed by atoms with van der Waals surface area (Å²) < 4.78 is 6.58. The normalized spacial score (nSPS) is 16.9. The van der Waals surface area contributed by atoms with Gasteiger partial charge < -0.3 is 14.7 Å². The first-order valence-electron chi connectivity index (χ1n) is 8.00. The fourth-order valence-corrected chi connectivity index (χ4v) is 3.29. The largest absolute Gasteiger partial charge is 0.480 e. The topological polar surface area (TPSA) is 70.1 Å². The monoisotopic (exact) mass is 398 g/mol. The quantitative estimate of drug-likeness (QED) is 0.795. The summed E-state index contributed by atoms with van der Waals surface area (Å²) in [4.78, 5) is 27.0. The van der Waals surface area contributed by atoms with Crippen LogP contribution in [0.25, 0.3) is 0 Å². The molecule has 1 aliphatic rings. The summed E-state index contributed by atoms with van der Waals surface area (Å²) >= 11 is 3.41. The molecule has 1 aromatic rings. The summed E-state index contributed by atoms with van der Waals surface area (Å²) in [5.74, 6) is -0.217. The molecule has 1 fully saturated rings. The van der Waals surface area contributed by atoms with E-state index < -0.39 is 12.1 Å². The highest BCUT2D eigenvalue weighted by atomic mass is 79.9. The van der Waals surface area contributed by atoms with Gasteiger partial charge in [0.2, 0.25) is 0 Å². The van der Waals surface area contributed by atoms with Crippen molar-refractivity contribution in [3.63, 3.8) is 0 Å². The van der Waals surface area contributed by atoms with E-state index in [0.717, 1.165) is 17.3 Å². The van der Waals surface area contributed by atoms with Crippen LogP contribution in [0.5, 0.6) is 5.75 Å². The molecule has 1 N–H and O–H groups in total. The Hall–Kier alpha value is -1.60. The van der Waals surface area contributed by atoms with E-state index >= 15 is 0 Å². The van der Waals surface area contributed by atoms with Crippen LogP contribution in [-0.2, 0) is 9.59 Å². The van der Waals surface area contributed by atoms with E-state index in [2.05, 4.69) is 15.9 Å². The molecular formula is C17H23BrN2O4. The second kappa shape index (κ2) is 8.48. The van der Waals surface area contributed by atoms with Crippen LogP contribution in [0.3, 0.4) is 0 Å². The van der Waals surface area contributed by atoms with Crippen LogP contribution in [0.2, 0.25) is 0 Å². The molecular weight excluding hydrogens is 376 g/mol. The maximum Gasteiger partial charge on any atom is 0.317 e. The summed E-state index contributed by atoms with van der Waals surface area (Å²) in [5, 5.41) is 8.86. The van der Waals surface area contributed by atoms with Gasteiger partial charge in [-0.05, 0) is 54.9 Å². The number of ether oxygens (including phenoxy) is 1. The number of carbonyl (C=O) groups excluding carboxylic acids is 1. The van der Waals surface area contributed by atoms with Crippen LogP contribution in [0.4, 0.5) is 0 Å². The lowest BCUT2D eigenvalue weighted by Gasteiger charge is -2.37. The number of carbonyl (C=O) groups is 2. The number of nitrogens with zero attached hydrogens (tertiary/aromatic N) is 2. The van der Waals surface area contributed by atoms with E-state index in [9.17, 15) is 9.59 Å². The van der Waals surface area contributed by atoms with Crippen molar-refractivity contribution in [2.75, 3.05) is 26.7 Å². The Morgan fingerprint density at radius 1 is 1.38 bits per heavy atom. The molecule has 1 saturated heterocycles. The number of likely N-dealkylation sites (tertiary alicyclic amines) is 1. The van der Waals surface area contributed by atoms with Crippen molar-refractivity contribution < 1.29 is 19.4 Å². The third-order valence-corrected chi connectivity index (χ3v) is 4.93. The Labute approximate surface area is 150 Å². The molecule has 7 heteroatoms. The molecule has 0 unspecified atom stereocenters. The Morgan fingerprint density at radius 2 is 2.00 bits per heavy atom. The molecule has 132 valence electrons. The Balaban J connectivity index is 1.86. The maximum absolute atomic E-state index is 12.5. The SMILES string of the molecule is C[C@H](Oc1ccccc1Br)C(=O)N1CCC(N(C)CC(=O)O)CC1. The molecule has 1 aliphatic heterocycles. The predicted molar refractivity (Wildman–Crippen MR) is 94.1 cm³/mol. The third kappa shape index (κ3) is 4.95. The van der Waals surface area contributed by atoms with Gasteiger partial charge >= 0.3 is 5.97 Å². The van der Waals surface area contributed by atoms with Crippen LogP contribution in [0, 0.1) is 0 Å². The molecule has 1 heterocycles. The summed E-state index contributed by atoms with van der Waals surface area (Å²) in [6, 6.07) is 7.64. The number of benzene rings is 1. The second-order valence-electron chi connectivity index (χ2n) is 6.06. The molecule has 1 aromatic carbocycles. The number of carboxylic acid groups (broad SMARTS) is 1. The minimum Gasteiger partial charge on any atom is -0.480 e. The summed E-state index contributed by atoms with van der Waals surface area (Å²) in [7, 11) is 1.81. The number of para-hydroxylation sites is 1. The Kier molecular flexibility index (Phi) is 6.62. The molecule has 2 rings (SSSR count). The molecule has 0 bridgehead atoms. The van der Waals surface area contributed by atoms with Gasteiger partial charge in [0.15, 0.2) is 6.10 Å². The lowest BCUT2D eigenvalue weighted by atomic mass is 10.0. The Bertz CT molecular complexity index is 588. The lowest BCUT2D eigenvalue weighted by Crippen LogP contribution is -2.49. The van der Waals surface area contributed by atoms with Crippen molar-refractivity contribution >= 4 is 27.8 Å². The predicted octanol–water partition coefficient (Wildman–Crippen LogP) is 2.22. The highest BCUT2D eigenvalue weighted by Gasteiger charge is 2.29. The number of piperidine rings is 1. The molecule has 0 radical (unpaired) electrons. The summed E-state index contributed by atoms with van der Waals surface area (Å²) in [5.41, 5.74) is 0. The Morgan fingerprint density at radius 3 is 2.58 bits per heavy atom. The minimum atomic E-state index is -0.827. The van der Waals surface area contributed by atoms with Crippen molar-refractivity contribution in [3.8, 4) is 5.75 Å². The first-order valence-corrected chi connectivity index (χ1v) is 8.79. The number of halogens is 1. The number of likely N-dealkylation sites (N-methyl/N-ethyl adjacent to an activating group) is 1. The number of carboxylic acids is 1. The van der Waals surface area contributed by atoms with Crippen LogP contribution in [0.1, 0.15) is 19.8 Å². The van der Waals surface area contributed by atoms with E-state index in [1.54, 1.807) is 11.8 Å². The van der Waals surface area contributed by atoms with Gasteiger partial charge in [-0.1, -0.05) is 12.1 Å². The van der Waals surface area contributed by atoms with Gasteiger partial charge in [-0.3, -0.25) is 14.5 Å². The lowest BCUT2D eigenvalue weighted by molar-refractivity contribution is -0.141. The van der Waals surface area contributed by atoms with Crippen LogP contribution >= 0.6 is 15.9 Å². The number of amides is 1. The van der Waals surface area contributed by atoms with Gasteiger partial charge in [-0.15, -0.1) is 0 Å². The van der Waals surface area contributed by atoms with Gasteiger partial charge in [0.25, 0.3) is 5.91 Å². The molecule has 0 aromatic heterocycles. The van der Waals surface area contributed by atoms with Crippen LogP contribution in [-0.4, -0.2) is 65.6 Å². The van der Waals surface area contributed by atoms with E-state index in [4.69, 9.17) is 9.84 Å². The standard InChI is InChI=1S/C17H23BrN2O4/c1-12(24-15-6-4-3-5-14(15)18)17(23)20-9-7-13(8-10-20)19(2)11-16(21)22/h3-6,12-13H,7-11H2,1-2H3,(H,21,22)/t12-/m0/s1. The van der Waals surface area contributed by atoms with Gasteiger partial charge in [0.05, 0.1) is 11.0 Å². The molecule has 0 aliphatic carbocycles. The fraction of sp³-hybridized carbons (Fsp3) is 0.529. The number of aliphatic carboxylic acids is 1. The third-order valence-electron chi connectivity index (χ3n) is 4.27. The smallest absolute Gasteiger partial charge is 0.317 e. The summed E-state index contributed by atoms with van der Waals surface area (Å²) in [6.45, 7) is 3.03. The zero-order valence-corrected chi connectivity index (χ0v) is 15.5. The van der Waals surface area contributed by atoms with E-state index in [1.807, 2.05) is 36.2 Å². The highest BCUT2D eigenvalue weighted by Crippen LogP contribution is 2.25. The van der Waals surface area contributed by atoms with E-state index in [0.29, 0.717) is 18.8 Å². The van der Waals surface area contributed by atoms with Crippen molar-refractivity contribution in [2.45, 2.75) is 31.9 Å². The first kappa shape index (κ1) is 18.7. The van der Waals surface area contributed by atoms with Crippen molar-refractivity contribution in [2.24, 2.45) is 0 Å². The number of rotatable bonds is 6. The molecule has 0 saturated carbocycles. The van der Waals surface area contributed by atoms with Crippen molar-refractivity contribution in [1.29, 1.82) is 0 Å². The zero-order valence-electron chi connectivity index (χ0n) is 13.9.